The maximum atomic E-state index is 9.26. The topological polar surface area (TPSA) is 33.4 Å². The zero-order chi connectivity index (χ0) is 7.68. The highest BCUT2D eigenvalue weighted by Crippen LogP contribution is 2.30. The molecular weight excluding hydrogens is 140 g/mol. The molecule has 1 saturated carbocycles. The Morgan fingerprint density at radius 3 is 2.91 bits per heavy atom. The molecule has 0 aliphatic heterocycles. The van der Waals surface area contributed by atoms with Crippen LogP contribution in [0.15, 0.2) is 22.8 Å². The van der Waals surface area contributed by atoms with Crippen LogP contribution in [-0.4, -0.2) is 11.2 Å². The van der Waals surface area contributed by atoms with E-state index in [4.69, 9.17) is 4.42 Å². The first-order valence-corrected chi connectivity index (χ1v) is 4.06. The Hall–Kier alpha value is -0.760. The van der Waals surface area contributed by atoms with Gasteiger partial charge in [-0.25, -0.2) is 0 Å². The third kappa shape index (κ3) is 1.31. The lowest BCUT2D eigenvalue weighted by Crippen LogP contribution is -2.32. The van der Waals surface area contributed by atoms with Crippen LogP contribution in [0, 0.1) is 5.92 Å². The van der Waals surface area contributed by atoms with Gasteiger partial charge in [0.1, 0.15) is 5.76 Å². The average molecular weight is 152 g/mol. The first-order valence-electron chi connectivity index (χ1n) is 4.06. The van der Waals surface area contributed by atoms with E-state index < -0.39 is 0 Å². The molecule has 0 amide bonds. The molecule has 0 radical (unpaired) electrons. The molecule has 1 aromatic heterocycles. The molecule has 0 saturated heterocycles. The fourth-order valence-corrected chi connectivity index (χ4v) is 1.48. The van der Waals surface area contributed by atoms with Crippen molar-refractivity contribution in [3.63, 3.8) is 0 Å². The molecule has 2 atom stereocenters. The van der Waals surface area contributed by atoms with Crippen molar-refractivity contribution in [1.82, 2.24) is 0 Å². The van der Waals surface area contributed by atoms with Gasteiger partial charge < -0.3 is 9.52 Å². The summed E-state index contributed by atoms with van der Waals surface area (Å²) >= 11 is 0. The van der Waals surface area contributed by atoms with Gasteiger partial charge in [0.2, 0.25) is 0 Å². The molecule has 1 fully saturated rings. The second kappa shape index (κ2) is 2.70. The minimum Gasteiger partial charge on any atom is -0.469 e. The number of aliphatic hydroxyl groups is 1. The molecule has 2 nitrogen and oxygen atoms in total. The zero-order valence-corrected chi connectivity index (χ0v) is 6.36. The number of hydrogen-bond donors (Lipinski definition) is 1. The van der Waals surface area contributed by atoms with E-state index in [0.717, 1.165) is 25.0 Å². The van der Waals surface area contributed by atoms with Crippen LogP contribution in [0.1, 0.15) is 18.6 Å². The van der Waals surface area contributed by atoms with Crippen molar-refractivity contribution >= 4 is 0 Å². The quantitative estimate of drug-likeness (QED) is 0.698. The third-order valence-corrected chi connectivity index (χ3v) is 2.42. The summed E-state index contributed by atoms with van der Waals surface area (Å²) in [5, 5.41) is 9.26. The number of aliphatic hydroxyl groups excluding tert-OH is 1. The smallest absolute Gasteiger partial charge is 0.104 e. The highest BCUT2D eigenvalue weighted by atomic mass is 16.3. The van der Waals surface area contributed by atoms with Gasteiger partial charge in [0.05, 0.1) is 12.4 Å². The molecule has 0 bridgehead atoms. The van der Waals surface area contributed by atoms with E-state index in [-0.39, 0.29) is 6.10 Å². The Balaban J connectivity index is 1.91. The van der Waals surface area contributed by atoms with Gasteiger partial charge in [0.25, 0.3) is 0 Å². The van der Waals surface area contributed by atoms with Gasteiger partial charge in [0, 0.05) is 6.42 Å². The number of rotatable bonds is 2. The summed E-state index contributed by atoms with van der Waals surface area (Å²) in [6.45, 7) is 0. The summed E-state index contributed by atoms with van der Waals surface area (Å²) in [6, 6.07) is 3.85. The van der Waals surface area contributed by atoms with Crippen molar-refractivity contribution in [2.75, 3.05) is 0 Å². The van der Waals surface area contributed by atoms with E-state index in [1.165, 1.54) is 0 Å². The third-order valence-electron chi connectivity index (χ3n) is 2.42. The lowest BCUT2D eigenvalue weighted by molar-refractivity contribution is 0.0218. The van der Waals surface area contributed by atoms with E-state index in [9.17, 15) is 5.11 Å². The van der Waals surface area contributed by atoms with Crippen molar-refractivity contribution in [2.45, 2.75) is 25.4 Å². The minimum atomic E-state index is -0.0832. The normalized spacial score (nSPS) is 29.9. The summed E-state index contributed by atoms with van der Waals surface area (Å²) < 4.78 is 5.18. The molecule has 1 N–H and O–H groups in total. The Morgan fingerprint density at radius 2 is 2.45 bits per heavy atom. The molecule has 2 rings (SSSR count). The highest BCUT2D eigenvalue weighted by Gasteiger charge is 2.29. The fourth-order valence-electron chi connectivity index (χ4n) is 1.48. The van der Waals surface area contributed by atoms with Crippen LogP contribution in [0.2, 0.25) is 0 Å². The van der Waals surface area contributed by atoms with Crippen LogP contribution in [0.25, 0.3) is 0 Å². The molecule has 1 aliphatic rings. The van der Waals surface area contributed by atoms with Gasteiger partial charge in [-0.1, -0.05) is 0 Å². The molecule has 1 heterocycles. The molecule has 1 aromatic rings. The van der Waals surface area contributed by atoms with E-state index in [1.54, 1.807) is 6.26 Å². The summed E-state index contributed by atoms with van der Waals surface area (Å²) in [7, 11) is 0. The maximum absolute atomic E-state index is 9.26. The van der Waals surface area contributed by atoms with Crippen molar-refractivity contribution in [3.05, 3.63) is 24.2 Å². The van der Waals surface area contributed by atoms with Crippen molar-refractivity contribution in [2.24, 2.45) is 5.92 Å². The molecule has 2 unspecified atom stereocenters. The largest absolute Gasteiger partial charge is 0.469 e. The fraction of sp³-hybridized carbons (Fsp3) is 0.556. The summed E-state index contributed by atoms with van der Waals surface area (Å²) in [5.41, 5.74) is 0. The highest BCUT2D eigenvalue weighted by molar-refractivity contribution is 5.01. The Morgan fingerprint density at radius 1 is 1.55 bits per heavy atom. The summed E-state index contributed by atoms with van der Waals surface area (Å²) in [5.74, 6) is 1.44. The van der Waals surface area contributed by atoms with Gasteiger partial charge >= 0.3 is 0 Å². The van der Waals surface area contributed by atoms with Crippen LogP contribution < -0.4 is 0 Å². The second-order valence-electron chi connectivity index (χ2n) is 3.19. The molecule has 11 heavy (non-hydrogen) atoms. The molecular formula is C9H12O2. The average Bonchev–Trinajstić information content (AvgIpc) is 2.49. The van der Waals surface area contributed by atoms with Crippen LogP contribution in [0.4, 0.5) is 0 Å². The molecule has 1 aliphatic carbocycles. The first-order chi connectivity index (χ1) is 5.36. The second-order valence-corrected chi connectivity index (χ2v) is 3.19. The van der Waals surface area contributed by atoms with Crippen LogP contribution >= 0.6 is 0 Å². The zero-order valence-electron chi connectivity index (χ0n) is 6.36. The van der Waals surface area contributed by atoms with Gasteiger partial charge in [-0.3, -0.25) is 0 Å². The molecule has 2 heteroatoms. The SMILES string of the molecule is OC1CCC1Cc1ccco1. The predicted octanol–water partition coefficient (Wildman–Crippen LogP) is 1.59. The minimum absolute atomic E-state index is 0.0832. The van der Waals surface area contributed by atoms with E-state index >= 15 is 0 Å². The summed E-state index contributed by atoms with van der Waals surface area (Å²) in [6.07, 6.45) is 4.60. The van der Waals surface area contributed by atoms with Gasteiger partial charge in [-0.05, 0) is 30.9 Å². The Labute approximate surface area is 65.8 Å². The first kappa shape index (κ1) is 6.92. The van der Waals surface area contributed by atoms with E-state index in [0.29, 0.717) is 5.92 Å². The van der Waals surface area contributed by atoms with Gasteiger partial charge in [0.15, 0.2) is 0 Å². The number of furan rings is 1. The maximum Gasteiger partial charge on any atom is 0.104 e. The van der Waals surface area contributed by atoms with Gasteiger partial charge in [-0.15, -0.1) is 0 Å². The monoisotopic (exact) mass is 152 g/mol. The lowest BCUT2D eigenvalue weighted by Gasteiger charge is -2.31. The van der Waals surface area contributed by atoms with Crippen molar-refractivity contribution in [3.8, 4) is 0 Å². The van der Waals surface area contributed by atoms with Crippen LogP contribution in [0.3, 0.4) is 0 Å². The van der Waals surface area contributed by atoms with Crippen molar-refractivity contribution < 1.29 is 9.52 Å². The standard InChI is InChI=1S/C9H12O2/c10-9-4-3-7(9)6-8-2-1-5-11-8/h1-2,5,7,9-10H,3-4,6H2. The van der Waals surface area contributed by atoms with Crippen molar-refractivity contribution in [1.29, 1.82) is 0 Å². The molecule has 60 valence electrons. The molecule has 0 aromatic carbocycles. The Bertz CT molecular complexity index is 215. The van der Waals surface area contributed by atoms with Gasteiger partial charge in [-0.2, -0.15) is 0 Å². The Kier molecular flexibility index (Phi) is 1.70. The lowest BCUT2D eigenvalue weighted by atomic mass is 9.79. The van der Waals surface area contributed by atoms with E-state index in [2.05, 4.69) is 0 Å². The summed E-state index contributed by atoms with van der Waals surface area (Å²) in [4.78, 5) is 0. The van der Waals surface area contributed by atoms with Crippen LogP contribution in [-0.2, 0) is 6.42 Å². The number of hydrogen-bond acceptors (Lipinski definition) is 2. The predicted molar refractivity (Wildman–Crippen MR) is 41.1 cm³/mol. The van der Waals surface area contributed by atoms with Crippen LogP contribution in [0.5, 0.6) is 0 Å². The molecule has 0 spiro atoms. The van der Waals surface area contributed by atoms with E-state index in [1.807, 2.05) is 12.1 Å².